The van der Waals surface area contributed by atoms with Crippen LogP contribution in [0, 0.1) is 11.3 Å². The smallest absolute Gasteiger partial charge is 0.0974 e. The molecule has 3 nitrogen and oxygen atoms in total. The Morgan fingerprint density at radius 3 is 2.94 bits per heavy atom. The Labute approximate surface area is 190 Å². The summed E-state index contributed by atoms with van der Waals surface area (Å²) in [6.07, 6.45) is 18.7. The number of fused-ring (bicyclic) bond motifs is 2. The van der Waals surface area contributed by atoms with Crippen LogP contribution >= 0.6 is 0 Å². The molecule has 2 aliphatic heterocycles. The zero-order valence-electron chi connectivity index (χ0n) is 19.3. The molecule has 3 aliphatic carbocycles. The molecule has 0 radical (unpaired) electrons. The monoisotopic (exact) mass is 427 g/mol. The minimum absolute atomic E-state index is 0.0682. The van der Waals surface area contributed by atoms with Crippen molar-refractivity contribution in [2.24, 2.45) is 11.3 Å². The summed E-state index contributed by atoms with van der Waals surface area (Å²) in [5.74, 6) is 1.16. The predicted octanol–water partition coefficient (Wildman–Crippen LogP) is 6.49. The molecule has 0 N–H and O–H groups in total. The van der Waals surface area contributed by atoms with Crippen molar-refractivity contribution in [2.75, 3.05) is 7.11 Å². The van der Waals surface area contributed by atoms with E-state index >= 15 is 0 Å². The highest BCUT2D eigenvalue weighted by Crippen LogP contribution is 2.69. The molecule has 1 saturated heterocycles. The lowest BCUT2D eigenvalue weighted by molar-refractivity contribution is -0.147. The number of allylic oxidation sites excluding steroid dienone is 1. The van der Waals surface area contributed by atoms with E-state index in [9.17, 15) is 0 Å². The molecule has 166 valence electrons. The first-order valence-electron chi connectivity index (χ1n) is 12.5. The number of methoxy groups -OCH3 is 1. The van der Waals surface area contributed by atoms with Gasteiger partial charge in [0.05, 0.1) is 17.3 Å². The molecule has 1 aromatic heterocycles. The third kappa shape index (κ3) is 2.42. The number of nitrogens with zero attached hydrogens (tertiary/aromatic N) is 1. The molecule has 2 bridgehead atoms. The van der Waals surface area contributed by atoms with E-state index in [0.29, 0.717) is 17.9 Å². The fraction of sp³-hybridized carbons (Fsp3) is 0.552. The SMILES string of the molecule is CO[C@H]1CCC2=CC3=CC[C@]4(C)[C@@H](c5ccc6ccncc6c5)CC[C@H]4C34CC[C@]2(C1)O4. The van der Waals surface area contributed by atoms with Crippen LogP contribution in [0.3, 0.4) is 0 Å². The molecule has 32 heavy (non-hydrogen) atoms. The molecule has 2 aromatic rings. The summed E-state index contributed by atoms with van der Waals surface area (Å²) in [6, 6.07) is 9.17. The van der Waals surface area contributed by atoms with Gasteiger partial charge in [-0.3, -0.25) is 4.98 Å². The molecular weight excluding hydrogens is 394 g/mol. The zero-order chi connectivity index (χ0) is 21.6. The zero-order valence-corrected chi connectivity index (χ0v) is 19.3. The lowest BCUT2D eigenvalue weighted by Gasteiger charge is -2.54. The highest BCUT2D eigenvalue weighted by Gasteiger charge is 2.66. The van der Waals surface area contributed by atoms with Gasteiger partial charge in [-0.2, -0.15) is 0 Å². The van der Waals surface area contributed by atoms with Crippen LogP contribution in [0.1, 0.15) is 69.8 Å². The number of aromatic nitrogens is 1. The number of ether oxygens (including phenoxy) is 2. The lowest BCUT2D eigenvalue weighted by atomic mass is 9.58. The summed E-state index contributed by atoms with van der Waals surface area (Å²) in [4.78, 5) is 4.37. The van der Waals surface area contributed by atoms with E-state index in [2.05, 4.69) is 48.3 Å². The summed E-state index contributed by atoms with van der Waals surface area (Å²) in [5, 5.41) is 2.54. The maximum Gasteiger partial charge on any atom is 0.0974 e. The molecular formula is C29H33NO2. The summed E-state index contributed by atoms with van der Waals surface area (Å²) >= 11 is 0. The van der Waals surface area contributed by atoms with Gasteiger partial charge in [0.15, 0.2) is 0 Å². The molecule has 1 unspecified atom stereocenters. The van der Waals surface area contributed by atoms with E-state index in [1.54, 1.807) is 5.57 Å². The van der Waals surface area contributed by atoms with Gasteiger partial charge < -0.3 is 9.47 Å². The summed E-state index contributed by atoms with van der Waals surface area (Å²) in [5.41, 5.74) is 4.62. The Hall–Kier alpha value is -1.97. The van der Waals surface area contributed by atoms with E-state index in [-0.39, 0.29) is 16.6 Å². The first-order chi connectivity index (χ1) is 15.6. The average Bonchev–Trinajstić information content (AvgIpc) is 3.33. The third-order valence-corrected chi connectivity index (χ3v) is 10.0. The first-order valence-corrected chi connectivity index (χ1v) is 12.5. The normalized spacial score (nSPS) is 42.1. The Morgan fingerprint density at radius 2 is 2.03 bits per heavy atom. The van der Waals surface area contributed by atoms with Gasteiger partial charge in [-0.15, -0.1) is 0 Å². The number of hydrogen-bond acceptors (Lipinski definition) is 3. The largest absolute Gasteiger partial charge is 0.381 e. The van der Waals surface area contributed by atoms with E-state index in [1.807, 2.05) is 19.5 Å². The second-order valence-corrected chi connectivity index (χ2v) is 11.3. The number of pyridine rings is 1. The van der Waals surface area contributed by atoms with Crippen molar-refractivity contribution >= 4 is 10.8 Å². The maximum absolute atomic E-state index is 7.32. The second-order valence-electron chi connectivity index (χ2n) is 11.3. The van der Waals surface area contributed by atoms with Crippen LogP contribution in [-0.2, 0) is 9.47 Å². The van der Waals surface area contributed by atoms with Crippen LogP contribution in [-0.4, -0.2) is 29.4 Å². The van der Waals surface area contributed by atoms with Crippen molar-refractivity contribution in [2.45, 2.75) is 81.5 Å². The van der Waals surface area contributed by atoms with Crippen LogP contribution in [0.25, 0.3) is 10.8 Å². The Morgan fingerprint density at radius 1 is 1.09 bits per heavy atom. The predicted molar refractivity (Wildman–Crippen MR) is 127 cm³/mol. The number of rotatable bonds is 2. The summed E-state index contributed by atoms with van der Waals surface area (Å²) in [6.45, 7) is 2.55. The molecule has 5 aliphatic rings. The van der Waals surface area contributed by atoms with E-state index in [0.717, 1.165) is 32.1 Å². The van der Waals surface area contributed by atoms with Crippen LogP contribution in [0.2, 0.25) is 0 Å². The first kappa shape index (κ1) is 19.5. The Balaban J connectivity index is 1.29. The van der Waals surface area contributed by atoms with E-state index in [4.69, 9.17) is 9.47 Å². The molecule has 3 fully saturated rings. The van der Waals surface area contributed by atoms with E-state index < -0.39 is 0 Å². The van der Waals surface area contributed by atoms with Gasteiger partial charge in [-0.25, -0.2) is 0 Å². The Kier molecular flexibility index (Phi) is 3.99. The molecule has 3 heterocycles. The standard InChI is InChI=1S/C29H33NO2/c1-27-11-9-23-16-22-5-6-24(31-2)17-28(22)12-13-29(23,32-28)26(27)8-7-25(27)20-4-3-19-10-14-30-18-21(19)15-20/h3-4,9-10,14-16,18,24-26H,5-8,11-13,17H2,1-2H3/t24-,25+,26+,27+,28+,29?/m0/s1. The van der Waals surface area contributed by atoms with E-state index in [1.165, 1.54) is 41.2 Å². The summed E-state index contributed by atoms with van der Waals surface area (Å²) in [7, 11) is 1.87. The molecule has 3 heteroatoms. The highest BCUT2D eigenvalue weighted by molar-refractivity contribution is 5.82. The van der Waals surface area contributed by atoms with Crippen molar-refractivity contribution in [1.29, 1.82) is 0 Å². The van der Waals surface area contributed by atoms with Gasteiger partial charge in [0.25, 0.3) is 0 Å². The van der Waals surface area contributed by atoms with Gasteiger partial charge in [-0.05, 0) is 96.4 Å². The molecule has 6 atom stereocenters. The number of benzene rings is 1. The molecule has 7 rings (SSSR count). The quantitative estimate of drug-likeness (QED) is 0.549. The number of hydrogen-bond donors (Lipinski definition) is 0. The third-order valence-electron chi connectivity index (χ3n) is 10.0. The summed E-state index contributed by atoms with van der Waals surface area (Å²) < 4.78 is 13.1. The fourth-order valence-corrected chi connectivity index (χ4v) is 8.43. The van der Waals surface area contributed by atoms with Gasteiger partial charge in [0.1, 0.15) is 0 Å². The molecule has 1 aromatic carbocycles. The van der Waals surface area contributed by atoms with Crippen LogP contribution in [0.15, 0.2) is 60.0 Å². The maximum atomic E-state index is 7.32. The highest BCUT2D eigenvalue weighted by atomic mass is 16.5. The molecule has 0 amide bonds. The minimum Gasteiger partial charge on any atom is -0.381 e. The van der Waals surface area contributed by atoms with Crippen LogP contribution in [0.5, 0.6) is 0 Å². The van der Waals surface area contributed by atoms with Crippen molar-refractivity contribution in [3.8, 4) is 0 Å². The van der Waals surface area contributed by atoms with Gasteiger partial charge in [0.2, 0.25) is 0 Å². The van der Waals surface area contributed by atoms with Crippen molar-refractivity contribution in [3.05, 3.63) is 65.5 Å². The fourth-order valence-electron chi connectivity index (χ4n) is 8.43. The van der Waals surface area contributed by atoms with Gasteiger partial charge in [0, 0.05) is 31.3 Å². The lowest BCUT2D eigenvalue weighted by Crippen LogP contribution is -2.54. The average molecular weight is 428 g/mol. The topological polar surface area (TPSA) is 31.4 Å². The van der Waals surface area contributed by atoms with Gasteiger partial charge in [-0.1, -0.05) is 31.2 Å². The van der Waals surface area contributed by atoms with Crippen molar-refractivity contribution < 1.29 is 9.47 Å². The van der Waals surface area contributed by atoms with Crippen molar-refractivity contribution in [3.63, 3.8) is 0 Å². The van der Waals surface area contributed by atoms with Crippen molar-refractivity contribution in [1.82, 2.24) is 4.98 Å². The second kappa shape index (κ2) is 6.55. The molecule has 2 spiro atoms. The van der Waals surface area contributed by atoms with Crippen LogP contribution < -0.4 is 0 Å². The van der Waals surface area contributed by atoms with Crippen LogP contribution in [0.4, 0.5) is 0 Å². The molecule has 2 saturated carbocycles. The minimum atomic E-state index is -0.0840. The van der Waals surface area contributed by atoms with Gasteiger partial charge >= 0.3 is 0 Å². The Bertz CT molecular complexity index is 1170.